The van der Waals surface area contributed by atoms with Crippen LogP contribution >= 0.6 is 0 Å². The third-order valence-corrected chi connectivity index (χ3v) is 5.28. The fourth-order valence-corrected chi connectivity index (χ4v) is 3.60. The Balaban J connectivity index is 1.65. The molecule has 0 unspecified atom stereocenters. The van der Waals surface area contributed by atoms with Gasteiger partial charge in [-0.1, -0.05) is 30.3 Å². The number of phenolic OH excluding ortho intramolecular Hbond substituents is 1. The molecule has 1 saturated heterocycles. The summed E-state index contributed by atoms with van der Waals surface area (Å²) in [5.41, 5.74) is 0.747. The van der Waals surface area contributed by atoms with Crippen LogP contribution in [0.15, 0.2) is 51.7 Å². The van der Waals surface area contributed by atoms with Gasteiger partial charge in [-0.05, 0) is 25.5 Å². The van der Waals surface area contributed by atoms with Gasteiger partial charge in [0.1, 0.15) is 23.7 Å². The number of ether oxygens (including phenoxy) is 3. The van der Waals surface area contributed by atoms with Crippen LogP contribution in [0.4, 0.5) is 0 Å². The molecule has 0 aliphatic carbocycles. The lowest BCUT2D eigenvalue weighted by molar-refractivity contribution is 0.0908. The van der Waals surface area contributed by atoms with E-state index in [9.17, 15) is 9.90 Å². The third kappa shape index (κ3) is 4.21. The first kappa shape index (κ1) is 20.1. The van der Waals surface area contributed by atoms with Crippen LogP contribution in [0.2, 0.25) is 0 Å². The number of hydrogen-bond acceptors (Lipinski definition) is 7. The quantitative estimate of drug-likeness (QED) is 0.664. The number of phenols is 1. The van der Waals surface area contributed by atoms with E-state index in [1.807, 2.05) is 30.3 Å². The van der Waals surface area contributed by atoms with Gasteiger partial charge < -0.3 is 28.6 Å². The molecule has 0 spiro atoms. The van der Waals surface area contributed by atoms with Gasteiger partial charge in [0.2, 0.25) is 11.2 Å². The molecule has 0 saturated carbocycles. The molecule has 1 aliphatic rings. The number of benzene rings is 2. The minimum absolute atomic E-state index is 0.0116. The Morgan fingerprint density at radius 1 is 1.17 bits per heavy atom. The highest BCUT2D eigenvalue weighted by Gasteiger charge is 2.22. The van der Waals surface area contributed by atoms with Crippen LogP contribution in [0.3, 0.4) is 0 Å². The lowest BCUT2D eigenvalue weighted by atomic mass is 10.1. The van der Waals surface area contributed by atoms with Crippen LogP contribution in [-0.2, 0) is 6.61 Å². The van der Waals surface area contributed by atoms with Gasteiger partial charge in [-0.2, -0.15) is 0 Å². The van der Waals surface area contributed by atoms with Crippen LogP contribution in [0.1, 0.15) is 18.4 Å². The molecule has 0 amide bonds. The van der Waals surface area contributed by atoms with Gasteiger partial charge in [0, 0.05) is 19.2 Å². The van der Waals surface area contributed by atoms with E-state index in [0.29, 0.717) is 0 Å². The second-order valence-corrected chi connectivity index (χ2v) is 7.45. The molecule has 1 aliphatic heterocycles. The molecule has 158 valence electrons. The number of nitrogens with zero attached hydrogens (tertiary/aromatic N) is 1. The molecular weight excluding hydrogens is 386 g/mol. The van der Waals surface area contributed by atoms with Crippen molar-refractivity contribution >= 4 is 11.0 Å². The van der Waals surface area contributed by atoms with Gasteiger partial charge in [-0.3, -0.25) is 4.79 Å². The van der Waals surface area contributed by atoms with Crippen molar-refractivity contribution in [1.82, 2.24) is 4.90 Å². The van der Waals surface area contributed by atoms with E-state index in [1.54, 1.807) is 6.07 Å². The normalized spacial score (nSPS) is 15.3. The summed E-state index contributed by atoms with van der Waals surface area (Å²) in [6.45, 7) is 2.13. The summed E-state index contributed by atoms with van der Waals surface area (Å²) in [7, 11) is 3.48. The zero-order valence-corrected chi connectivity index (χ0v) is 17.1. The molecular formula is C23H25NO6. The number of piperidine rings is 1. The van der Waals surface area contributed by atoms with Gasteiger partial charge in [0.05, 0.1) is 13.2 Å². The number of methoxy groups -OCH3 is 1. The molecule has 2 aromatic carbocycles. The van der Waals surface area contributed by atoms with E-state index in [-0.39, 0.29) is 46.9 Å². The lowest BCUT2D eigenvalue weighted by Gasteiger charge is -2.28. The van der Waals surface area contributed by atoms with Crippen molar-refractivity contribution in [2.24, 2.45) is 0 Å². The van der Waals surface area contributed by atoms with Crippen molar-refractivity contribution in [3.8, 4) is 23.2 Å². The highest BCUT2D eigenvalue weighted by atomic mass is 16.6. The Morgan fingerprint density at radius 3 is 2.60 bits per heavy atom. The Kier molecular flexibility index (Phi) is 5.81. The van der Waals surface area contributed by atoms with Crippen molar-refractivity contribution in [2.75, 3.05) is 27.2 Å². The van der Waals surface area contributed by atoms with E-state index < -0.39 is 5.43 Å². The number of likely N-dealkylation sites (tertiary alicyclic amines) is 1. The number of fused-ring (bicyclic) bond motifs is 1. The summed E-state index contributed by atoms with van der Waals surface area (Å²) in [5, 5.41) is 10.7. The minimum atomic E-state index is -0.399. The average molecular weight is 411 g/mol. The van der Waals surface area contributed by atoms with E-state index in [2.05, 4.69) is 11.9 Å². The van der Waals surface area contributed by atoms with Crippen molar-refractivity contribution in [3.05, 3.63) is 58.3 Å². The summed E-state index contributed by atoms with van der Waals surface area (Å²) in [5.74, 6) is 0.207. The molecule has 0 atom stereocenters. The fraction of sp³-hybridized carbons (Fsp3) is 0.348. The van der Waals surface area contributed by atoms with Gasteiger partial charge in [0.15, 0.2) is 11.5 Å². The smallest absolute Gasteiger partial charge is 0.289 e. The summed E-state index contributed by atoms with van der Waals surface area (Å²) in [6.07, 6.45) is 1.71. The van der Waals surface area contributed by atoms with Crippen LogP contribution in [0.5, 0.6) is 23.2 Å². The Hall–Kier alpha value is -3.19. The van der Waals surface area contributed by atoms with Crippen LogP contribution < -0.4 is 19.6 Å². The molecule has 30 heavy (non-hydrogen) atoms. The fourth-order valence-electron chi connectivity index (χ4n) is 3.60. The first-order valence-electron chi connectivity index (χ1n) is 9.95. The van der Waals surface area contributed by atoms with E-state index in [4.69, 9.17) is 18.6 Å². The van der Waals surface area contributed by atoms with Gasteiger partial charge in [-0.15, -0.1) is 0 Å². The maximum Gasteiger partial charge on any atom is 0.289 e. The highest BCUT2D eigenvalue weighted by molar-refractivity contribution is 5.88. The average Bonchev–Trinajstić information content (AvgIpc) is 2.74. The molecule has 0 bridgehead atoms. The minimum Gasteiger partial charge on any atom is -0.504 e. The first-order chi connectivity index (χ1) is 14.5. The topological polar surface area (TPSA) is 81.4 Å². The largest absolute Gasteiger partial charge is 0.504 e. The number of aromatic hydroxyl groups is 1. The maximum atomic E-state index is 12.7. The summed E-state index contributed by atoms with van der Waals surface area (Å²) >= 11 is 0. The van der Waals surface area contributed by atoms with Crippen molar-refractivity contribution < 1.29 is 23.7 Å². The van der Waals surface area contributed by atoms with Crippen molar-refractivity contribution in [2.45, 2.75) is 25.6 Å². The van der Waals surface area contributed by atoms with Crippen molar-refractivity contribution in [1.29, 1.82) is 0 Å². The monoisotopic (exact) mass is 411 g/mol. The lowest BCUT2D eigenvalue weighted by Crippen LogP contribution is -2.35. The molecule has 7 heteroatoms. The first-order valence-corrected chi connectivity index (χ1v) is 9.95. The third-order valence-electron chi connectivity index (χ3n) is 5.28. The number of rotatable bonds is 6. The van der Waals surface area contributed by atoms with Gasteiger partial charge >= 0.3 is 0 Å². The van der Waals surface area contributed by atoms with Crippen LogP contribution in [0.25, 0.3) is 11.0 Å². The van der Waals surface area contributed by atoms with Gasteiger partial charge in [0.25, 0.3) is 5.95 Å². The summed E-state index contributed by atoms with van der Waals surface area (Å²) in [4.78, 5) is 14.9. The maximum absolute atomic E-state index is 12.7. The zero-order valence-electron chi connectivity index (χ0n) is 17.1. The Bertz CT molecular complexity index is 1070. The SMILES string of the molecule is COc1c(OCc2ccccc2)cc2oc(OC3CCN(C)CC3)cc(=O)c2c1O. The molecule has 0 radical (unpaired) electrons. The predicted molar refractivity (Wildman–Crippen MR) is 113 cm³/mol. The van der Waals surface area contributed by atoms with E-state index >= 15 is 0 Å². The number of hydrogen-bond donors (Lipinski definition) is 1. The molecule has 1 N–H and O–H groups in total. The Morgan fingerprint density at radius 2 is 1.90 bits per heavy atom. The Labute approximate surface area is 174 Å². The molecule has 2 heterocycles. The molecule has 4 rings (SSSR count). The molecule has 3 aromatic rings. The van der Waals surface area contributed by atoms with Gasteiger partial charge in [-0.25, -0.2) is 0 Å². The van der Waals surface area contributed by atoms with Crippen molar-refractivity contribution in [3.63, 3.8) is 0 Å². The van der Waals surface area contributed by atoms with E-state index in [1.165, 1.54) is 13.2 Å². The molecule has 7 nitrogen and oxygen atoms in total. The van der Waals surface area contributed by atoms with Crippen LogP contribution in [0, 0.1) is 0 Å². The van der Waals surface area contributed by atoms with E-state index in [0.717, 1.165) is 31.5 Å². The molecule has 1 aromatic heterocycles. The summed E-state index contributed by atoms with van der Waals surface area (Å²) < 4.78 is 22.9. The second-order valence-electron chi connectivity index (χ2n) is 7.45. The van der Waals surface area contributed by atoms with Crippen LogP contribution in [-0.4, -0.2) is 43.4 Å². The highest BCUT2D eigenvalue weighted by Crippen LogP contribution is 2.42. The predicted octanol–water partition coefficient (Wildman–Crippen LogP) is 3.56. The summed E-state index contributed by atoms with van der Waals surface area (Å²) in [6, 6.07) is 12.4. The second kappa shape index (κ2) is 8.67. The standard InChI is InChI=1S/C23H25NO6/c1-24-10-8-16(9-11-24)29-20-12-17(25)21-18(30-20)13-19(23(27-2)22(21)26)28-14-15-6-4-3-5-7-15/h3-7,12-13,16,26H,8-11,14H2,1-2H3. The molecule has 1 fully saturated rings. The zero-order chi connectivity index (χ0) is 21.1.